The summed E-state index contributed by atoms with van der Waals surface area (Å²) in [5.41, 5.74) is 9.23. The lowest BCUT2D eigenvalue weighted by atomic mass is 10.1. The molecular weight excluding hydrogens is 194 g/mol. The molecule has 0 saturated carbocycles. The quantitative estimate of drug-likeness (QED) is 0.607. The minimum Gasteiger partial charge on any atom is -0.390 e. The van der Waals surface area contributed by atoms with Crippen molar-refractivity contribution in [3.63, 3.8) is 0 Å². The van der Waals surface area contributed by atoms with Crippen LogP contribution in [0.4, 0.5) is 5.00 Å². The van der Waals surface area contributed by atoms with Crippen LogP contribution in [-0.4, -0.2) is 5.78 Å². The summed E-state index contributed by atoms with van der Waals surface area (Å²) in [5.74, 6) is 0.0642. The molecule has 0 saturated heterocycles. The Morgan fingerprint density at radius 2 is 1.79 bits per heavy atom. The fourth-order valence-electron chi connectivity index (χ4n) is 1.86. The first kappa shape index (κ1) is 7.76. The van der Waals surface area contributed by atoms with Gasteiger partial charge in [-0.25, -0.2) is 0 Å². The molecule has 0 bridgehead atoms. The maximum atomic E-state index is 11.9. The molecule has 3 heteroatoms. The minimum absolute atomic E-state index is 0.0642. The van der Waals surface area contributed by atoms with Gasteiger partial charge in [0.15, 0.2) is 5.78 Å². The van der Waals surface area contributed by atoms with E-state index in [9.17, 15) is 4.79 Å². The summed E-state index contributed by atoms with van der Waals surface area (Å²) in [6, 6.07) is 7.63. The van der Waals surface area contributed by atoms with Gasteiger partial charge in [0.2, 0.25) is 0 Å². The number of hydrogen-bond donors (Lipinski definition) is 1. The van der Waals surface area contributed by atoms with E-state index in [0.717, 1.165) is 16.7 Å². The van der Waals surface area contributed by atoms with Gasteiger partial charge in [0.1, 0.15) is 0 Å². The molecule has 1 aliphatic rings. The summed E-state index contributed by atoms with van der Waals surface area (Å²) >= 11 is 1.43. The number of benzene rings is 1. The Balaban J connectivity index is 2.42. The van der Waals surface area contributed by atoms with Crippen molar-refractivity contribution in [3.8, 4) is 11.1 Å². The predicted octanol–water partition coefficient (Wildman–Crippen LogP) is 2.54. The summed E-state index contributed by atoms with van der Waals surface area (Å²) in [6.07, 6.45) is 0. The third-order valence-corrected chi connectivity index (χ3v) is 3.32. The van der Waals surface area contributed by atoms with Gasteiger partial charge in [-0.3, -0.25) is 4.79 Å². The molecule has 3 rings (SSSR count). The maximum Gasteiger partial charge on any atom is 0.197 e. The fourth-order valence-corrected chi connectivity index (χ4v) is 2.67. The average molecular weight is 201 g/mol. The summed E-state index contributed by atoms with van der Waals surface area (Å²) < 4.78 is 0. The van der Waals surface area contributed by atoms with Crippen LogP contribution in [0.3, 0.4) is 0 Å². The van der Waals surface area contributed by atoms with Gasteiger partial charge in [0.05, 0.1) is 10.6 Å². The number of carbonyl (C=O) groups excluding carboxylic acids is 1. The Hall–Kier alpha value is -1.61. The van der Waals surface area contributed by atoms with Crippen molar-refractivity contribution in [1.29, 1.82) is 0 Å². The van der Waals surface area contributed by atoms with Gasteiger partial charge in [0, 0.05) is 16.5 Å². The predicted molar refractivity (Wildman–Crippen MR) is 57.6 cm³/mol. The normalized spacial score (nSPS) is 12.7. The molecule has 1 heterocycles. The Morgan fingerprint density at radius 1 is 1.07 bits per heavy atom. The van der Waals surface area contributed by atoms with Crippen molar-refractivity contribution < 1.29 is 4.79 Å². The van der Waals surface area contributed by atoms with Crippen LogP contribution in [0.5, 0.6) is 0 Å². The molecule has 0 radical (unpaired) electrons. The molecule has 1 aromatic carbocycles. The number of nitrogen functional groups attached to an aromatic ring is 1. The molecule has 2 nitrogen and oxygen atoms in total. The van der Waals surface area contributed by atoms with E-state index in [1.54, 1.807) is 0 Å². The highest BCUT2D eigenvalue weighted by atomic mass is 32.1. The number of hydrogen-bond acceptors (Lipinski definition) is 3. The van der Waals surface area contributed by atoms with Gasteiger partial charge < -0.3 is 5.73 Å². The highest BCUT2D eigenvalue weighted by Gasteiger charge is 2.29. The number of fused-ring (bicyclic) bond motifs is 3. The van der Waals surface area contributed by atoms with Crippen molar-refractivity contribution in [2.45, 2.75) is 0 Å². The van der Waals surface area contributed by atoms with Crippen LogP contribution in [0, 0.1) is 0 Å². The highest BCUT2D eigenvalue weighted by Crippen LogP contribution is 2.42. The molecule has 0 amide bonds. The standard InChI is InChI=1S/C11H7NOS/c12-11-9-8(5-14-11)6-3-1-2-4-7(6)10(9)13/h1-5H,12H2. The highest BCUT2D eigenvalue weighted by molar-refractivity contribution is 7.15. The van der Waals surface area contributed by atoms with Crippen molar-refractivity contribution in [1.82, 2.24) is 0 Å². The molecule has 68 valence electrons. The SMILES string of the molecule is Nc1scc2c1C(=O)c1ccccc1-2. The first-order valence-electron chi connectivity index (χ1n) is 4.30. The molecule has 0 aliphatic heterocycles. The molecule has 2 N–H and O–H groups in total. The minimum atomic E-state index is 0.0642. The molecular formula is C11H7NOS. The van der Waals surface area contributed by atoms with E-state index < -0.39 is 0 Å². The topological polar surface area (TPSA) is 43.1 Å². The number of nitrogens with two attached hydrogens (primary N) is 1. The summed E-state index contributed by atoms with van der Waals surface area (Å²) in [7, 11) is 0. The number of carbonyl (C=O) groups is 1. The van der Waals surface area contributed by atoms with E-state index in [1.807, 2.05) is 29.6 Å². The second-order valence-electron chi connectivity index (χ2n) is 3.26. The molecule has 1 aromatic heterocycles. The molecule has 0 atom stereocenters. The van der Waals surface area contributed by atoms with Crippen molar-refractivity contribution in [2.75, 3.05) is 5.73 Å². The van der Waals surface area contributed by atoms with Gasteiger partial charge in [-0.05, 0) is 5.56 Å². The van der Waals surface area contributed by atoms with Gasteiger partial charge in [-0.2, -0.15) is 0 Å². The number of rotatable bonds is 0. The molecule has 0 unspecified atom stereocenters. The van der Waals surface area contributed by atoms with E-state index in [2.05, 4.69) is 0 Å². The first-order valence-corrected chi connectivity index (χ1v) is 5.18. The van der Waals surface area contributed by atoms with Crippen LogP contribution in [-0.2, 0) is 0 Å². The first-order chi connectivity index (χ1) is 6.79. The van der Waals surface area contributed by atoms with E-state index in [1.165, 1.54) is 11.3 Å². The monoisotopic (exact) mass is 201 g/mol. The molecule has 1 aliphatic carbocycles. The van der Waals surface area contributed by atoms with Gasteiger partial charge in [0.25, 0.3) is 0 Å². The van der Waals surface area contributed by atoms with Crippen LogP contribution >= 0.6 is 11.3 Å². The molecule has 2 aromatic rings. The molecule has 14 heavy (non-hydrogen) atoms. The Labute approximate surface area is 85.0 Å². The van der Waals surface area contributed by atoms with E-state index in [4.69, 9.17) is 5.73 Å². The number of thiophene rings is 1. The van der Waals surface area contributed by atoms with Crippen molar-refractivity contribution >= 4 is 22.1 Å². The third-order valence-electron chi connectivity index (χ3n) is 2.51. The van der Waals surface area contributed by atoms with Crippen LogP contribution in [0.1, 0.15) is 15.9 Å². The summed E-state index contributed by atoms with van der Waals surface area (Å²) in [4.78, 5) is 11.9. The van der Waals surface area contributed by atoms with Gasteiger partial charge in [-0.15, -0.1) is 11.3 Å². The summed E-state index contributed by atoms with van der Waals surface area (Å²) in [6.45, 7) is 0. The zero-order valence-electron chi connectivity index (χ0n) is 7.28. The Bertz CT molecular complexity index is 542. The van der Waals surface area contributed by atoms with E-state index in [0.29, 0.717) is 10.6 Å². The van der Waals surface area contributed by atoms with Crippen LogP contribution in [0.15, 0.2) is 29.6 Å². The second-order valence-corrected chi connectivity index (χ2v) is 4.17. The number of ketones is 1. The lowest BCUT2D eigenvalue weighted by Crippen LogP contribution is -1.97. The summed E-state index contributed by atoms with van der Waals surface area (Å²) in [5, 5.41) is 2.58. The fraction of sp³-hybridized carbons (Fsp3) is 0. The lowest BCUT2D eigenvalue weighted by molar-refractivity contribution is 0.104. The average Bonchev–Trinajstić information content (AvgIpc) is 2.70. The molecule has 0 fully saturated rings. The molecule has 0 spiro atoms. The largest absolute Gasteiger partial charge is 0.390 e. The number of anilines is 1. The van der Waals surface area contributed by atoms with Crippen LogP contribution in [0.2, 0.25) is 0 Å². The zero-order valence-corrected chi connectivity index (χ0v) is 8.10. The Kier molecular flexibility index (Phi) is 1.36. The van der Waals surface area contributed by atoms with E-state index >= 15 is 0 Å². The maximum absolute atomic E-state index is 11.9. The third kappa shape index (κ3) is 0.775. The van der Waals surface area contributed by atoms with Crippen LogP contribution < -0.4 is 5.73 Å². The zero-order chi connectivity index (χ0) is 9.71. The van der Waals surface area contributed by atoms with Gasteiger partial charge in [-0.1, -0.05) is 24.3 Å². The lowest BCUT2D eigenvalue weighted by Gasteiger charge is -1.95. The second kappa shape index (κ2) is 2.45. The van der Waals surface area contributed by atoms with E-state index in [-0.39, 0.29) is 5.78 Å². The van der Waals surface area contributed by atoms with Gasteiger partial charge >= 0.3 is 0 Å². The van der Waals surface area contributed by atoms with Crippen molar-refractivity contribution in [2.24, 2.45) is 0 Å². The van der Waals surface area contributed by atoms with Crippen LogP contribution in [0.25, 0.3) is 11.1 Å². The Morgan fingerprint density at radius 3 is 2.57 bits per heavy atom. The van der Waals surface area contributed by atoms with Crippen molar-refractivity contribution in [3.05, 3.63) is 40.8 Å². The smallest absolute Gasteiger partial charge is 0.197 e.